The van der Waals surface area contributed by atoms with Crippen molar-refractivity contribution in [1.29, 1.82) is 0 Å². The first-order valence-electron chi connectivity index (χ1n) is 8.37. The average Bonchev–Trinajstić information content (AvgIpc) is 2.50. The van der Waals surface area contributed by atoms with Crippen LogP contribution in [0.15, 0.2) is 24.3 Å². The molecule has 2 N–H and O–H groups in total. The maximum Gasteiger partial charge on any atom is 0.224 e. The highest BCUT2D eigenvalue weighted by atomic mass is 16.1. The van der Waals surface area contributed by atoms with Crippen LogP contribution in [0.3, 0.4) is 0 Å². The van der Waals surface area contributed by atoms with Gasteiger partial charge in [-0.1, -0.05) is 32.8 Å². The van der Waals surface area contributed by atoms with Crippen molar-refractivity contribution in [2.75, 3.05) is 10.6 Å². The number of hydrogen-bond acceptors (Lipinski definition) is 2. The zero-order valence-electron chi connectivity index (χ0n) is 13.3. The SMILES string of the molecule is CCCC1CCC(Nc2cccc(NC(=O)CC)c2)CC1. The van der Waals surface area contributed by atoms with Gasteiger partial charge in [-0.05, 0) is 49.8 Å². The van der Waals surface area contributed by atoms with Gasteiger partial charge in [0.25, 0.3) is 0 Å². The van der Waals surface area contributed by atoms with Gasteiger partial charge in [0, 0.05) is 23.8 Å². The van der Waals surface area contributed by atoms with Crippen molar-refractivity contribution in [2.24, 2.45) is 5.92 Å². The Hall–Kier alpha value is -1.51. The maximum absolute atomic E-state index is 11.4. The highest BCUT2D eigenvalue weighted by Gasteiger charge is 2.20. The van der Waals surface area contributed by atoms with E-state index in [-0.39, 0.29) is 5.91 Å². The van der Waals surface area contributed by atoms with Gasteiger partial charge in [0.15, 0.2) is 0 Å². The van der Waals surface area contributed by atoms with Crippen LogP contribution in [-0.4, -0.2) is 11.9 Å². The van der Waals surface area contributed by atoms with Gasteiger partial charge in [-0.3, -0.25) is 4.79 Å². The van der Waals surface area contributed by atoms with E-state index in [9.17, 15) is 4.79 Å². The third-order valence-electron chi connectivity index (χ3n) is 4.38. The summed E-state index contributed by atoms with van der Waals surface area (Å²) in [5.74, 6) is 0.996. The molecule has 21 heavy (non-hydrogen) atoms. The number of benzene rings is 1. The molecule has 3 heteroatoms. The molecule has 0 aliphatic heterocycles. The van der Waals surface area contributed by atoms with Gasteiger partial charge in [-0.25, -0.2) is 0 Å². The van der Waals surface area contributed by atoms with Crippen molar-refractivity contribution in [2.45, 2.75) is 64.8 Å². The Morgan fingerprint density at radius 2 is 1.86 bits per heavy atom. The summed E-state index contributed by atoms with van der Waals surface area (Å²) < 4.78 is 0. The predicted octanol–water partition coefficient (Wildman–Crippen LogP) is 4.81. The summed E-state index contributed by atoms with van der Waals surface area (Å²) in [5, 5.41) is 6.54. The number of anilines is 2. The number of carbonyl (C=O) groups is 1. The molecule has 0 spiro atoms. The predicted molar refractivity (Wildman–Crippen MR) is 89.6 cm³/mol. The molecule has 0 aromatic heterocycles. The largest absolute Gasteiger partial charge is 0.382 e. The van der Waals surface area contributed by atoms with E-state index in [4.69, 9.17) is 0 Å². The molecule has 1 amide bonds. The van der Waals surface area contributed by atoms with Gasteiger partial charge in [-0.2, -0.15) is 0 Å². The molecule has 0 bridgehead atoms. The molecule has 1 aromatic rings. The van der Waals surface area contributed by atoms with Gasteiger partial charge in [0.2, 0.25) is 5.91 Å². The standard InChI is InChI=1S/C18H28N2O/c1-3-6-14-9-11-15(12-10-14)19-16-7-5-8-17(13-16)20-18(21)4-2/h5,7-8,13-15,19H,3-4,6,9-12H2,1-2H3,(H,20,21). The lowest BCUT2D eigenvalue weighted by atomic mass is 9.83. The van der Waals surface area contributed by atoms with Gasteiger partial charge in [-0.15, -0.1) is 0 Å². The molecule has 0 radical (unpaired) electrons. The second-order valence-corrected chi connectivity index (χ2v) is 6.13. The number of rotatable bonds is 6. The fourth-order valence-corrected chi connectivity index (χ4v) is 3.18. The van der Waals surface area contributed by atoms with Crippen LogP contribution < -0.4 is 10.6 Å². The summed E-state index contributed by atoms with van der Waals surface area (Å²) in [7, 11) is 0. The molecule has 0 unspecified atom stereocenters. The lowest BCUT2D eigenvalue weighted by Crippen LogP contribution is -2.26. The lowest BCUT2D eigenvalue weighted by molar-refractivity contribution is -0.115. The van der Waals surface area contributed by atoms with Crippen LogP contribution in [-0.2, 0) is 4.79 Å². The van der Waals surface area contributed by atoms with Crippen molar-refractivity contribution in [1.82, 2.24) is 0 Å². The molecule has 1 aliphatic rings. The normalized spacial score (nSPS) is 21.8. The number of amides is 1. The van der Waals surface area contributed by atoms with E-state index in [1.165, 1.54) is 38.5 Å². The summed E-state index contributed by atoms with van der Waals surface area (Å²) in [4.78, 5) is 11.4. The van der Waals surface area contributed by atoms with Crippen LogP contribution in [0, 0.1) is 5.92 Å². The molecule has 1 aromatic carbocycles. The average molecular weight is 288 g/mol. The highest BCUT2D eigenvalue weighted by Crippen LogP contribution is 2.29. The third-order valence-corrected chi connectivity index (χ3v) is 4.38. The first-order valence-corrected chi connectivity index (χ1v) is 8.37. The van der Waals surface area contributed by atoms with Crippen LogP contribution in [0.1, 0.15) is 58.8 Å². The minimum Gasteiger partial charge on any atom is -0.382 e. The molecule has 1 saturated carbocycles. The molecular weight excluding hydrogens is 260 g/mol. The molecule has 3 nitrogen and oxygen atoms in total. The molecule has 0 heterocycles. The first-order chi connectivity index (χ1) is 10.2. The van der Waals surface area contributed by atoms with E-state index in [0.29, 0.717) is 12.5 Å². The Labute approximate surface area is 128 Å². The molecule has 1 aliphatic carbocycles. The molecule has 116 valence electrons. The topological polar surface area (TPSA) is 41.1 Å². The number of carbonyl (C=O) groups excluding carboxylic acids is 1. The van der Waals surface area contributed by atoms with Gasteiger partial charge >= 0.3 is 0 Å². The summed E-state index contributed by atoms with van der Waals surface area (Å²) in [6.07, 6.45) is 8.41. The highest BCUT2D eigenvalue weighted by molar-refractivity contribution is 5.90. The van der Waals surface area contributed by atoms with Crippen LogP contribution in [0.4, 0.5) is 11.4 Å². The zero-order valence-corrected chi connectivity index (χ0v) is 13.3. The summed E-state index contributed by atoms with van der Waals surface area (Å²) >= 11 is 0. The molecule has 0 saturated heterocycles. The molecule has 0 atom stereocenters. The molecular formula is C18H28N2O. The third kappa shape index (κ3) is 5.07. The van der Waals surface area contributed by atoms with E-state index in [2.05, 4.69) is 23.6 Å². The Morgan fingerprint density at radius 3 is 2.52 bits per heavy atom. The minimum atomic E-state index is 0.0622. The quantitative estimate of drug-likeness (QED) is 0.789. The molecule has 2 rings (SSSR count). The van der Waals surface area contributed by atoms with E-state index in [1.807, 2.05) is 25.1 Å². The summed E-state index contributed by atoms with van der Waals surface area (Å²) in [5.41, 5.74) is 1.99. The molecule has 1 fully saturated rings. The lowest BCUT2D eigenvalue weighted by Gasteiger charge is -2.29. The zero-order chi connectivity index (χ0) is 15.1. The number of nitrogens with one attached hydrogen (secondary N) is 2. The Balaban J connectivity index is 1.86. The van der Waals surface area contributed by atoms with Crippen LogP contribution in [0.5, 0.6) is 0 Å². The summed E-state index contributed by atoms with van der Waals surface area (Å²) in [6, 6.07) is 8.63. The summed E-state index contributed by atoms with van der Waals surface area (Å²) in [6.45, 7) is 4.15. The van der Waals surface area contributed by atoms with Crippen molar-refractivity contribution in [3.63, 3.8) is 0 Å². The fourth-order valence-electron chi connectivity index (χ4n) is 3.18. The minimum absolute atomic E-state index is 0.0622. The second-order valence-electron chi connectivity index (χ2n) is 6.13. The van der Waals surface area contributed by atoms with E-state index >= 15 is 0 Å². The van der Waals surface area contributed by atoms with Crippen LogP contribution >= 0.6 is 0 Å². The van der Waals surface area contributed by atoms with E-state index in [1.54, 1.807) is 0 Å². The van der Waals surface area contributed by atoms with E-state index in [0.717, 1.165) is 17.3 Å². The van der Waals surface area contributed by atoms with Crippen molar-refractivity contribution < 1.29 is 4.79 Å². The van der Waals surface area contributed by atoms with Crippen molar-refractivity contribution in [3.05, 3.63) is 24.3 Å². The van der Waals surface area contributed by atoms with Crippen LogP contribution in [0.25, 0.3) is 0 Å². The van der Waals surface area contributed by atoms with Gasteiger partial charge in [0.05, 0.1) is 0 Å². The first kappa shape index (κ1) is 15.9. The van der Waals surface area contributed by atoms with Crippen molar-refractivity contribution >= 4 is 17.3 Å². The van der Waals surface area contributed by atoms with Gasteiger partial charge < -0.3 is 10.6 Å². The van der Waals surface area contributed by atoms with Crippen molar-refractivity contribution in [3.8, 4) is 0 Å². The fraction of sp³-hybridized carbons (Fsp3) is 0.611. The van der Waals surface area contributed by atoms with Gasteiger partial charge in [0.1, 0.15) is 0 Å². The van der Waals surface area contributed by atoms with Crippen LogP contribution in [0.2, 0.25) is 0 Å². The Bertz CT molecular complexity index is 450. The monoisotopic (exact) mass is 288 g/mol. The maximum atomic E-state index is 11.4. The smallest absolute Gasteiger partial charge is 0.224 e. The Morgan fingerprint density at radius 1 is 1.14 bits per heavy atom. The van der Waals surface area contributed by atoms with E-state index < -0.39 is 0 Å². The Kier molecular flexibility index (Phi) is 6.09. The number of hydrogen-bond donors (Lipinski definition) is 2. The second kappa shape index (κ2) is 8.06.